The summed E-state index contributed by atoms with van der Waals surface area (Å²) in [5.74, 6) is -1.73. The minimum absolute atomic E-state index is 0.402. The first-order chi connectivity index (χ1) is 9.34. The fourth-order valence-corrected chi connectivity index (χ4v) is 2.92. The number of hydrogen-bond donors (Lipinski definition) is 1. The Kier molecular flexibility index (Phi) is 3.54. The highest BCUT2D eigenvalue weighted by Crippen LogP contribution is 2.25. The molecule has 1 N–H and O–H groups in total. The minimum atomic E-state index is -3.92. The smallest absolute Gasteiger partial charge is 0.371 e. The molecule has 0 unspecified atom stereocenters. The van der Waals surface area contributed by atoms with Gasteiger partial charge in [0.1, 0.15) is 0 Å². The third-order valence-corrected chi connectivity index (χ3v) is 4.51. The lowest BCUT2D eigenvalue weighted by Gasteiger charge is -2.19. The minimum Gasteiger partial charge on any atom is -0.475 e. The van der Waals surface area contributed by atoms with Crippen molar-refractivity contribution in [2.75, 3.05) is 11.4 Å². The molecule has 20 heavy (non-hydrogen) atoms. The third-order valence-electron chi connectivity index (χ3n) is 2.86. The molecule has 0 saturated carbocycles. The van der Waals surface area contributed by atoms with Gasteiger partial charge in [0.15, 0.2) is 0 Å². The summed E-state index contributed by atoms with van der Waals surface area (Å²) < 4.78 is 30.6. The number of furan rings is 1. The van der Waals surface area contributed by atoms with Crippen molar-refractivity contribution in [3.8, 4) is 0 Å². The van der Waals surface area contributed by atoms with Gasteiger partial charge in [-0.05, 0) is 30.7 Å². The highest BCUT2D eigenvalue weighted by atomic mass is 32.2. The lowest BCUT2D eigenvalue weighted by molar-refractivity contribution is 0.0656. The number of carbonyl (C=O) groups is 1. The van der Waals surface area contributed by atoms with Gasteiger partial charge in [-0.3, -0.25) is 4.31 Å². The van der Waals surface area contributed by atoms with Crippen molar-refractivity contribution in [2.45, 2.75) is 12.0 Å². The second-order valence-corrected chi connectivity index (χ2v) is 6.08. The molecule has 0 aliphatic heterocycles. The van der Waals surface area contributed by atoms with E-state index in [1.807, 2.05) is 0 Å². The van der Waals surface area contributed by atoms with E-state index >= 15 is 0 Å². The molecule has 0 bridgehead atoms. The maximum atomic E-state index is 12.4. The second-order valence-electron chi connectivity index (χ2n) is 4.18. The number of carboxylic acid groups (broad SMARTS) is 1. The van der Waals surface area contributed by atoms with Crippen LogP contribution in [-0.4, -0.2) is 26.5 Å². The van der Waals surface area contributed by atoms with E-state index in [1.165, 1.54) is 7.05 Å². The van der Waals surface area contributed by atoms with Crippen LogP contribution in [0.2, 0.25) is 0 Å². The summed E-state index contributed by atoms with van der Waals surface area (Å²) >= 11 is 0. The molecule has 0 fully saturated rings. The predicted octanol–water partition coefficient (Wildman–Crippen LogP) is 2.11. The van der Waals surface area contributed by atoms with Crippen LogP contribution in [0.4, 0.5) is 5.69 Å². The molecule has 1 heterocycles. The zero-order valence-electron chi connectivity index (χ0n) is 10.9. The second kappa shape index (κ2) is 5.01. The number of para-hydroxylation sites is 1. The summed E-state index contributed by atoms with van der Waals surface area (Å²) in [5.41, 5.74) is 1.28. The van der Waals surface area contributed by atoms with Crippen LogP contribution in [0.3, 0.4) is 0 Å². The zero-order valence-corrected chi connectivity index (χ0v) is 11.7. The van der Waals surface area contributed by atoms with E-state index in [2.05, 4.69) is 0 Å². The molecule has 7 heteroatoms. The van der Waals surface area contributed by atoms with Gasteiger partial charge in [0, 0.05) is 7.05 Å². The number of aromatic carboxylic acids is 1. The van der Waals surface area contributed by atoms with Crippen LogP contribution in [-0.2, 0) is 10.0 Å². The average Bonchev–Trinajstić information content (AvgIpc) is 2.89. The number of sulfonamides is 1. The Morgan fingerprint density at radius 1 is 1.20 bits per heavy atom. The Bertz CT molecular complexity index is 748. The van der Waals surface area contributed by atoms with E-state index in [1.54, 1.807) is 31.2 Å². The van der Waals surface area contributed by atoms with Crippen LogP contribution in [0.5, 0.6) is 0 Å². The molecule has 1 aromatic carbocycles. The van der Waals surface area contributed by atoms with Crippen molar-refractivity contribution in [1.29, 1.82) is 0 Å². The number of nitrogens with zero attached hydrogens (tertiary/aromatic N) is 1. The molecule has 2 aromatic rings. The summed E-state index contributed by atoms with van der Waals surface area (Å²) in [7, 11) is -2.53. The van der Waals surface area contributed by atoms with Gasteiger partial charge in [-0.2, -0.15) is 8.42 Å². The summed E-state index contributed by atoms with van der Waals surface area (Å²) in [5, 5.41) is 8.36. The van der Waals surface area contributed by atoms with Gasteiger partial charge in [0.25, 0.3) is 10.0 Å². The lowest BCUT2D eigenvalue weighted by atomic mass is 10.2. The summed E-state index contributed by atoms with van der Waals surface area (Å²) in [4.78, 5) is 10.7. The first-order valence-corrected chi connectivity index (χ1v) is 7.15. The zero-order chi connectivity index (χ0) is 14.9. The van der Waals surface area contributed by atoms with E-state index in [-0.39, 0.29) is 0 Å². The van der Waals surface area contributed by atoms with Gasteiger partial charge >= 0.3 is 5.97 Å². The molecule has 2 rings (SSSR count). The Morgan fingerprint density at radius 3 is 2.40 bits per heavy atom. The molecule has 0 radical (unpaired) electrons. The topological polar surface area (TPSA) is 87.8 Å². The number of anilines is 1. The predicted molar refractivity (Wildman–Crippen MR) is 72.4 cm³/mol. The molecule has 106 valence electrons. The van der Waals surface area contributed by atoms with Gasteiger partial charge < -0.3 is 9.52 Å². The first-order valence-electron chi connectivity index (χ1n) is 5.71. The van der Waals surface area contributed by atoms with E-state index in [9.17, 15) is 13.2 Å². The Balaban J connectivity index is 2.44. The fraction of sp³-hybridized carbons (Fsp3) is 0.154. The highest BCUT2D eigenvalue weighted by Gasteiger charge is 2.26. The van der Waals surface area contributed by atoms with Crippen molar-refractivity contribution in [3.63, 3.8) is 0 Å². The van der Waals surface area contributed by atoms with Crippen molar-refractivity contribution in [2.24, 2.45) is 0 Å². The van der Waals surface area contributed by atoms with E-state index in [4.69, 9.17) is 9.52 Å². The van der Waals surface area contributed by atoms with Crippen molar-refractivity contribution < 1.29 is 22.7 Å². The van der Waals surface area contributed by atoms with Gasteiger partial charge in [-0.1, -0.05) is 18.2 Å². The van der Waals surface area contributed by atoms with Crippen molar-refractivity contribution in [1.82, 2.24) is 0 Å². The Hall–Kier alpha value is -2.28. The van der Waals surface area contributed by atoms with E-state index in [0.29, 0.717) is 5.69 Å². The molecule has 0 aliphatic rings. The normalized spacial score (nSPS) is 11.3. The molecule has 6 nitrogen and oxygen atoms in total. The average molecular weight is 295 g/mol. The first kappa shape index (κ1) is 14.1. The SMILES string of the molecule is Cc1ccccc1N(C)S(=O)(=O)c1ccc(C(=O)O)o1. The highest BCUT2D eigenvalue weighted by molar-refractivity contribution is 7.92. The molecular weight excluding hydrogens is 282 g/mol. The van der Waals surface area contributed by atoms with E-state index in [0.717, 1.165) is 22.0 Å². The Morgan fingerprint density at radius 2 is 1.85 bits per heavy atom. The number of hydrogen-bond acceptors (Lipinski definition) is 4. The number of benzene rings is 1. The van der Waals surface area contributed by atoms with Gasteiger partial charge in [0.2, 0.25) is 10.9 Å². The summed E-state index contributed by atoms with van der Waals surface area (Å²) in [6.07, 6.45) is 0. The van der Waals surface area contributed by atoms with Crippen LogP contribution < -0.4 is 4.31 Å². The van der Waals surface area contributed by atoms with Gasteiger partial charge in [-0.25, -0.2) is 4.79 Å². The van der Waals surface area contributed by atoms with Gasteiger partial charge in [-0.15, -0.1) is 0 Å². The largest absolute Gasteiger partial charge is 0.475 e. The van der Waals surface area contributed by atoms with Gasteiger partial charge in [0.05, 0.1) is 5.69 Å². The standard InChI is InChI=1S/C13H13NO5S/c1-9-5-3-4-6-10(9)14(2)20(17,18)12-8-7-11(19-12)13(15)16/h3-8H,1-2H3,(H,15,16). The summed E-state index contributed by atoms with van der Waals surface area (Å²) in [6, 6.07) is 9.21. The van der Waals surface area contributed by atoms with Crippen molar-refractivity contribution >= 4 is 21.7 Å². The van der Waals surface area contributed by atoms with Crippen LogP contribution >= 0.6 is 0 Å². The van der Waals surface area contributed by atoms with Crippen LogP contribution in [0, 0.1) is 6.92 Å². The molecule has 0 amide bonds. The summed E-state index contributed by atoms with van der Waals surface area (Å²) in [6.45, 7) is 1.78. The lowest BCUT2D eigenvalue weighted by Crippen LogP contribution is -2.26. The monoisotopic (exact) mass is 295 g/mol. The number of carboxylic acids is 1. The maximum absolute atomic E-state index is 12.4. The van der Waals surface area contributed by atoms with Crippen LogP contribution in [0.1, 0.15) is 16.1 Å². The number of aryl methyl sites for hydroxylation is 1. The maximum Gasteiger partial charge on any atom is 0.371 e. The van der Waals surface area contributed by atoms with Crippen LogP contribution in [0.15, 0.2) is 45.9 Å². The fourth-order valence-electron chi connectivity index (χ4n) is 1.75. The van der Waals surface area contributed by atoms with Crippen molar-refractivity contribution in [3.05, 3.63) is 47.7 Å². The van der Waals surface area contributed by atoms with E-state index < -0.39 is 26.8 Å². The molecular formula is C13H13NO5S. The third kappa shape index (κ3) is 2.39. The molecule has 0 atom stereocenters. The number of rotatable bonds is 4. The molecule has 0 spiro atoms. The van der Waals surface area contributed by atoms with Crippen LogP contribution in [0.25, 0.3) is 0 Å². The molecule has 0 aliphatic carbocycles. The quantitative estimate of drug-likeness (QED) is 0.933. The molecule has 0 saturated heterocycles. The molecule has 1 aromatic heterocycles. The Labute approximate surface area is 116 Å².